The fourth-order valence-corrected chi connectivity index (χ4v) is 3.56. The lowest BCUT2D eigenvalue weighted by Crippen LogP contribution is -2.17. The zero-order valence-electron chi connectivity index (χ0n) is 17.4. The van der Waals surface area contributed by atoms with Crippen LogP contribution in [0.2, 0.25) is 0 Å². The van der Waals surface area contributed by atoms with E-state index in [9.17, 15) is 9.18 Å². The number of nitrogen functional groups attached to an aromatic ring is 1. The molecule has 1 amide bonds. The molecule has 2 aromatic carbocycles. The van der Waals surface area contributed by atoms with Crippen LogP contribution in [0.4, 0.5) is 38.9 Å². The van der Waals surface area contributed by atoms with E-state index in [1.54, 1.807) is 0 Å². The van der Waals surface area contributed by atoms with Crippen molar-refractivity contribution in [3.8, 4) is 0 Å². The summed E-state index contributed by atoms with van der Waals surface area (Å²) in [5.41, 5.74) is 13.5. The molecule has 1 heterocycles. The average Bonchev–Trinajstić information content (AvgIpc) is 2.75. The molecule has 3 aromatic rings. The molecule has 162 valence electrons. The van der Waals surface area contributed by atoms with Gasteiger partial charge in [0.2, 0.25) is 5.95 Å². The van der Waals surface area contributed by atoms with Crippen LogP contribution in [0.15, 0.2) is 48.7 Å². The number of halogens is 1. The zero-order valence-corrected chi connectivity index (χ0v) is 18.2. The molecule has 0 spiro atoms. The second kappa shape index (κ2) is 9.43. The number of nitrogens with one attached hydrogen (secondary N) is 2. The molecule has 10 heteroatoms. The lowest BCUT2D eigenvalue weighted by Gasteiger charge is -2.24. The van der Waals surface area contributed by atoms with Gasteiger partial charge in [-0.25, -0.2) is 9.37 Å². The Bertz CT molecular complexity index is 1150. The van der Waals surface area contributed by atoms with Gasteiger partial charge in [-0.3, -0.25) is 4.79 Å². The third-order valence-electron chi connectivity index (χ3n) is 4.56. The molecule has 8 nitrogen and oxygen atoms in total. The molecule has 1 atom stereocenters. The molecule has 31 heavy (non-hydrogen) atoms. The van der Waals surface area contributed by atoms with E-state index < -0.39 is 11.7 Å². The zero-order chi connectivity index (χ0) is 22.5. The van der Waals surface area contributed by atoms with Crippen LogP contribution in [0.3, 0.4) is 0 Å². The number of hydrogen-bond donors (Lipinski definition) is 4. The fourth-order valence-electron chi connectivity index (χ4n) is 2.77. The van der Waals surface area contributed by atoms with Crippen LogP contribution in [-0.2, 0) is 0 Å². The maximum absolute atomic E-state index is 14.1. The minimum absolute atomic E-state index is 0.0833. The van der Waals surface area contributed by atoms with Crippen LogP contribution in [-0.4, -0.2) is 34.5 Å². The highest BCUT2D eigenvalue weighted by atomic mass is 32.2. The molecule has 0 saturated carbocycles. The van der Waals surface area contributed by atoms with Crippen molar-refractivity contribution in [1.82, 2.24) is 9.97 Å². The number of hydrogen-bond acceptors (Lipinski definition) is 7. The number of para-hydroxylation sites is 2. The number of benzene rings is 2. The molecule has 3 rings (SSSR count). The Labute approximate surface area is 182 Å². The van der Waals surface area contributed by atoms with Crippen molar-refractivity contribution in [2.45, 2.75) is 6.92 Å². The van der Waals surface area contributed by atoms with Crippen molar-refractivity contribution in [1.29, 1.82) is 0 Å². The molecule has 1 aromatic heterocycles. The van der Waals surface area contributed by atoms with Gasteiger partial charge in [0, 0.05) is 18.9 Å². The Morgan fingerprint density at radius 2 is 1.94 bits per heavy atom. The minimum Gasteiger partial charge on any atom is -0.399 e. The quantitative estimate of drug-likeness (QED) is 0.324. The minimum atomic E-state index is -0.688. The van der Waals surface area contributed by atoms with Gasteiger partial charge in [0.05, 0.1) is 17.1 Å². The first-order chi connectivity index (χ1) is 14.8. The topological polar surface area (TPSA) is 122 Å². The molecule has 0 aliphatic heterocycles. The monoisotopic (exact) mass is 441 g/mol. The Balaban J connectivity index is 2.00. The van der Waals surface area contributed by atoms with Crippen molar-refractivity contribution >= 4 is 56.5 Å². The van der Waals surface area contributed by atoms with Crippen LogP contribution in [0, 0.1) is 5.82 Å². The molecule has 0 aliphatic carbocycles. The lowest BCUT2D eigenvalue weighted by molar-refractivity contribution is 0.100. The van der Waals surface area contributed by atoms with E-state index in [1.165, 1.54) is 24.4 Å². The van der Waals surface area contributed by atoms with Crippen molar-refractivity contribution < 1.29 is 9.18 Å². The summed E-state index contributed by atoms with van der Waals surface area (Å²) in [7, 11) is 1.87. The summed E-state index contributed by atoms with van der Waals surface area (Å²) < 4.78 is 16.2. The van der Waals surface area contributed by atoms with Crippen LogP contribution in [0.25, 0.3) is 0 Å². The van der Waals surface area contributed by atoms with Gasteiger partial charge in [0.15, 0.2) is 0 Å². The third-order valence-corrected chi connectivity index (χ3v) is 6.30. The van der Waals surface area contributed by atoms with Crippen LogP contribution in [0.1, 0.15) is 17.3 Å². The molecule has 0 saturated heterocycles. The molecule has 1 unspecified atom stereocenters. The van der Waals surface area contributed by atoms with Gasteiger partial charge in [0.1, 0.15) is 17.2 Å². The normalized spacial score (nSPS) is 11.7. The van der Waals surface area contributed by atoms with E-state index >= 15 is 0 Å². The lowest BCUT2D eigenvalue weighted by atomic mass is 10.2. The van der Waals surface area contributed by atoms with E-state index in [0.717, 1.165) is 11.4 Å². The maximum Gasteiger partial charge on any atom is 0.254 e. The molecule has 0 aliphatic rings. The summed E-state index contributed by atoms with van der Waals surface area (Å²) in [6.45, 7) is 2.00. The highest BCUT2D eigenvalue weighted by Gasteiger charge is 2.16. The van der Waals surface area contributed by atoms with E-state index in [4.69, 9.17) is 11.5 Å². The van der Waals surface area contributed by atoms with Gasteiger partial charge in [-0.1, -0.05) is 12.1 Å². The smallest absolute Gasteiger partial charge is 0.254 e. The molecule has 0 bridgehead atoms. The Morgan fingerprint density at radius 3 is 2.65 bits per heavy atom. The maximum atomic E-state index is 14.1. The number of nitrogens with zero attached hydrogens (tertiary/aromatic N) is 3. The first-order valence-corrected chi connectivity index (χ1v) is 11.0. The van der Waals surface area contributed by atoms with Gasteiger partial charge < -0.3 is 26.4 Å². The summed E-state index contributed by atoms with van der Waals surface area (Å²) in [4.78, 5) is 20.4. The molecule has 6 N–H and O–H groups in total. The summed E-state index contributed by atoms with van der Waals surface area (Å²) in [5.74, 6) is -0.914. The van der Waals surface area contributed by atoms with E-state index in [1.807, 2.05) is 38.2 Å². The van der Waals surface area contributed by atoms with Gasteiger partial charge in [0.25, 0.3) is 5.91 Å². The Kier molecular flexibility index (Phi) is 6.71. The van der Waals surface area contributed by atoms with E-state index in [2.05, 4.69) is 36.5 Å². The van der Waals surface area contributed by atoms with Crippen LogP contribution < -0.4 is 26.4 Å². The summed E-state index contributed by atoms with van der Waals surface area (Å²) in [6.07, 6.45) is 3.39. The Morgan fingerprint density at radius 1 is 1.19 bits per heavy atom. The number of rotatable bonds is 7. The number of nitrogens with two attached hydrogens (primary N) is 2. The van der Waals surface area contributed by atoms with Gasteiger partial charge in [-0.15, -0.1) is 10.7 Å². The first-order valence-electron chi connectivity index (χ1n) is 9.33. The van der Waals surface area contributed by atoms with Crippen molar-refractivity contribution in [3.63, 3.8) is 0 Å². The third kappa shape index (κ3) is 5.10. The van der Waals surface area contributed by atoms with Crippen LogP contribution in [0.5, 0.6) is 0 Å². The highest BCUT2D eigenvalue weighted by molar-refractivity contribution is 8.15. The van der Waals surface area contributed by atoms with Crippen molar-refractivity contribution in [3.05, 3.63) is 60.0 Å². The standard InChI is InChI=1S/C21H24FN7OS/c1-4-31(3)29(2)18-8-6-5-7-16(18)26-20-14(19(24)30)12-25-21(28-20)27-17-11-13(23)9-10-15(17)22/h4-12H,23H2,1-3H3,(H2,24,30)(H2,25,26,27,28). The molecule has 0 radical (unpaired) electrons. The van der Waals surface area contributed by atoms with E-state index in [-0.39, 0.29) is 33.7 Å². The first kappa shape index (κ1) is 22.0. The Hall–Kier alpha value is -3.66. The number of amides is 1. The SMILES string of the molecule is C/C=S(\C)N(C)c1ccccc1Nc1nc(Nc2cc(N)ccc2F)ncc1C(N)=O. The van der Waals surface area contributed by atoms with Gasteiger partial charge in [-0.05, 0) is 48.9 Å². The van der Waals surface area contributed by atoms with Gasteiger partial charge in [-0.2, -0.15) is 4.98 Å². The van der Waals surface area contributed by atoms with Gasteiger partial charge >= 0.3 is 0 Å². The number of carbonyl (C=O) groups excluding carboxylic acids is 1. The largest absolute Gasteiger partial charge is 0.399 e. The summed E-state index contributed by atoms with van der Waals surface area (Å²) in [6, 6.07) is 11.8. The second-order valence-corrected chi connectivity index (χ2v) is 8.65. The number of primary amides is 1. The number of aromatic nitrogens is 2. The van der Waals surface area contributed by atoms with Crippen molar-refractivity contribution in [2.75, 3.05) is 34.0 Å². The predicted octanol–water partition coefficient (Wildman–Crippen LogP) is 3.86. The summed E-state index contributed by atoms with van der Waals surface area (Å²) in [5, 5.41) is 8.06. The molecule has 0 fully saturated rings. The predicted molar refractivity (Wildman–Crippen MR) is 128 cm³/mol. The van der Waals surface area contributed by atoms with Crippen molar-refractivity contribution in [2.24, 2.45) is 5.73 Å². The number of anilines is 6. The average molecular weight is 442 g/mol. The number of carbonyl (C=O) groups is 1. The molecular formula is C21H24FN7OS. The highest BCUT2D eigenvalue weighted by Crippen LogP contribution is 2.33. The van der Waals surface area contributed by atoms with Crippen LogP contribution >= 0.6 is 10.7 Å². The van der Waals surface area contributed by atoms with E-state index in [0.29, 0.717) is 5.69 Å². The molecular weight excluding hydrogens is 417 g/mol. The fraction of sp³-hybridized carbons (Fsp3) is 0.143. The summed E-state index contributed by atoms with van der Waals surface area (Å²) >= 11 is 0. The second-order valence-electron chi connectivity index (χ2n) is 6.58.